The van der Waals surface area contributed by atoms with Crippen molar-refractivity contribution in [3.8, 4) is 10.7 Å². The van der Waals surface area contributed by atoms with Gasteiger partial charge in [-0.15, -0.1) is 11.3 Å². The van der Waals surface area contributed by atoms with E-state index in [1.165, 1.54) is 15.9 Å². The van der Waals surface area contributed by atoms with E-state index in [1.54, 1.807) is 0 Å². The van der Waals surface area contributed by atoms with Crippen molar-refractivity contribution in [2.24, 2.45) is 0 Å². The van der Waals surface area contributed by atoms with Gasteiger partial charge in [-0.25, -0.2) is 9.36 Å². The number of nitrogens with zero attached hydrogens (tertiary/aromatic N) is 2. The lowest BCUT2D eigenvalue weighted by Crippen LogP contribution is -2.32. The topological polar surface area (TPSA) is 77.1 Å². The Kier molecular flexibility index (Phi) is 4.68. The first kappa shape index (κ1) is 15.2. The summed E-state index contributed by atoms with van der Waals surface area (Å²) in [7, 11) is 0. The van der Waals surface area contributed by atoms with E-state index in [1.807, 2.05) is 47.8 Å². The molecule has 2 aromatic heterocycles. The van der Waals surface area contributed by atoms with Crippen molar-refractivity contribution >= 4 is 17.2 Å². The summed E-state index contributed by atoms with van der Waals surface area (Å²) in [5.74, 6) is -0.501. The van der Waals surface area contributed by atoms with Crippen LogP contribution in [0.3, 0.4) is 0 Å². The largest absolute Gasteiger partial charge is 0.442 e. The van der Waals surface area contributed by atoms with Gasteiger partial charge in [-0.1, -0.05) is 41.6 Å². The number of nitrogens with one attached hydrogen (secondary N) is 1. The Balaban J connectivity index is 1.60. The Morgan fingerprint density at radius 3 is 2.78 bits per heavy atom. The quantitative estimate of drug-likeness (QED) is 0.749. The molecule has 1 amide bonds. The molecule has 0 saturated heterocycles. The van der Waals surface area contributed by atoms with Crippen molar-refractivity contribution < 1.29 is 9.32 Å². The predicted molar refractivity (Wildman–Crippen MR) is 87.2 cm³/mol. The van der Waals surface area contributed by atoms with Gasteiger partial charge in [0.1, 0.15) is 6.54 Å². The second-order valence-corrected chi connectivity index (χ2v) is 5.87. The van der Waals surface area contributed by atoms with Crippen LogP contribution in [-0.2, 0) is 17.8 Å². The van der Waals surface area contributed by atoms with Crippen LogP contribution in [-0.4, -0.2) is 22.2 Å². The van der Waals surface area contributed by atoms with Crippen LogP contribution in [0.2, 0.25) is 0 Å². The standard InChI is InChI=1S/C16H15N3O3S/c20-14(17-9-8-12-5-2-1-3-6-12)11-19-15(18-22-16(19)21)13-7-4-10-23-13/h1-7,10H,8-9,11H2,(H,17,20). The molecular weight excluding hydrogens is 314 g/mol. The number of thiophene rings is 1. The molecule has 7 heteroatoms. The van der Waals surface area contributed by atoms with Crippen molar-refractivity contribution in [2.75, 3.05) is 6.54 Å². The van der Waals surface area contributed by atoms with E-state index in [4.69, 9.17) is 0 Å². The summed E-state index contributed by atoms with van der Waals surface area (Å²) >= 11 is 1.43. The summed E-state index contributed by atoms with van der Waals surface area (Å²) < 4.78 is 5.92. The van der Waals surface area contributed by atoms with Crippen LogP contribution in [0.25, 0.3) is 10.7 Å². The molecule has 0 fully saturated rings. The van der Waals surface area contributed by atoms with Gasteiger partial charge in [-0.05, 0) is 23.4 Å². The van der Waals surface area contributed by atoms with E-state index in [0.29, 0.717) is 12.4 Å². The smallest absolute Gasteiger partial charge is 0.354 e. The Bertz CT molecular complexity index is 822. The van der Waals surface area contributed by atoms with E-state index in [9.17, 15) is 9.59 Å². The summed E-state index contributed by atoms with van der Waals surface area (Å²) in [4.78, 5) is 24.5. The maximum Gasteiger partial charge on any atom is 0.442 e. The number of rotatable bonds is 6. The summed E-state index contributed by atoms with van der Waals surface area (Å²) in [6.07, 6.45) is 0.739. The minimum absolute atomic E-state index is 0.107. The molecule has 1 aromatic carbocycles. The molecule has 0 unspecified atom stereocenters. The molecule has 118 valence electrons. The third-order valence-electron chi connectivity index (χ3n) is 3.31. The number of amides is 1. The lowest BCUT2D eigenvalue weighted by molar-refractivity contribution is -0.121. The van der Waals surface area contributed by atoms with Gasteiger partial charge < -0.3 is 5.32 Å². The average Bonchev–Trinajstić information content (AvgIpc) is 3.19. The van der Waals surface area contributed by atoms with Crippen molar-refractivity contribution in [2.45, 2.75) is 13.0 Å². The first-order chi connectivity index (χ1) is 11.2. The number of carbonyl (C=O) groups is 1. The van der Waals surface area contributed by atoms with E-state index in [-0.39, 0.29) is 12.5 Å². The van der Waals surface area contributed by atoms with E-state index in [2.05, 4.69) is 15.0 Å². The molecule has 0 aliphatic carbocycles. The second-order valence-electron chi connectivity index (χ2n) is 4.92. The van der Waals surface area contributed by atoms with Crippen LogP contribution in [0.15, 0.2) is 57.2 Å². The SMILES string of the molecule is O=C(Cn1c(-c2cccs2)noc1=O)NCCc1ccccc1. The minimum Gasteiger partial charge on any atom is -0.354 e. The zero-order valence-electron chi connectivity index (χ0n) is 12.3. The Morgan fingerprint density at radius 1 is 1.22 bits per heavy atom. The van der Waals surface area contributed by atoms with E-state index >= 15 is 0 Å². The average molecular weight is 329 g/mol. The third-order valence-corrected chi connectivity index (χ3v) is 4.17. The first-order valence-electron chi connectivity index (χ1n) is 7.15. The van der Waals surface area contributed by atoms with Crippen LogP contribution < -0.4 is 11.1 Å². The summed E-state index contributed by atoms with van der Waals surface area (Å²) in [6.45, 7) is 0.404. The zero-order chi connectivity index (χ0) is 16.1. The number of carbonyl (C=O) groups excluding carboxylic acids is 1. The van der Waals surface area contributed by atoms with Crippen molar-refractivity contribution in [1.82, 2.24) is 15.0 Å². The van der Waals surface area contributed by atoms with Crippen molar-refractivity contribution in [1.29, 1.82) is 0 Å². The molecule has 6 nitrogen and oxygen atoms in total. The molecule has 3 aromatic rings. The molecule has 0 bridgehead atoms. The molecule has 2 heterocycles. The highest BCUT2D eigenvalue weighted by Crippen LogP contribution is 2.21. The predicted octanol–water partition coefficient (Wildman–Crippen LogP) is 1.92. The van der Waals surface area contributed by atoms with Gasteiger partial charge in [0, 0.05) is 6.54 Å². The molecule has 0 atom stereocenters. The fourth-order valence-electron chi connectivity index (χ4n) is 2.18. The van der Waals surface area contributed by atoms with Crippen LogP contribution in [0.4, 0.5) is 0 Å². The number of hydrogen-bond donors (Lipinski definition) is 1. The molecule has 23 heavy (non-hydrogen) atoms. The molecule has 0 aliphatic rings. The molecular formula is C16H15N3O3S. The highest BCUT2D eigenvalue weighted by Gasteiger charge is 2.16. The van der Waals surface area contributed by atoms with Gasteiger partial charge >= 0.3 is 5.76 Å². The number of benzene rings is 1. The summed E-state index contributed by atoms with van der Waals surface area (Å²) in [6, 6.07) is 13.6. The lowest BCUT2D eigenvalue weighted by Gasteiger charge is -2.06. The van der Waals surface area contributed by atoms with Crippen LogP contribution in [0, 0.1) is 0 Å². The van der Waals surface area contributed by atoms with E-state index < -0.39 is 5.76 Å². The molecule has 1 N–H and O–H groups in total. The molecule has 0 saturated carbocycles. The summed E-state index contributed by atoms with van der Waals surface area (Å²) in [5.41, 5.74) is 1.15. The van der Waals surface area contributed by atoms with Crippen LogP contribution in [0.5, 0.6) is 0 Å². The van der Waals surface area contributed by atoms with Gasteiger partial charge in [0.25, 0.3) is 0 Å². The van der Waals surface area contributed by atoms with Gasteiger partial charge in [0.2, 0.25) is 5.91 Å². The number of hydrogen-bond acceptors (Lipinski definition) is 5. The highest BCUT2D eigenvalue weighted by atomic mass is 32.1. The minimum atomic E-state index is -0.633. The maximum absolute atomic E-state index is 12.0. The molecule has 3 rings (SSSR count). The summed E-state index contributed by atoms with van der Waals surface area (Å²) in [5, 5.41) is 8.42. The van der Waals surface area contributed by atoms with Crippen molar-refractivity contribution in [3.05, 3.63) is 64.0 Å². The van der Waals surface area contributed by atoms with Gasteiger partial charge in [-0.2, -0.15) is 0 Å². The normalized spacial score (nSPS) is 10.6. The first-order valence-corrected chi connectivity index (χ1v) is 8.03. The lowest BCUT2D eigenvalue weighted by atomic mass is 10.1. The fourth-order valence-corrected chi connectivity index (χ4v) is 2.89. The van der Waals surface area contributed by atoms with Gasteiger partial charge in [0.15, 0.2) is 5.82 Å². The number of aromatic nitrogens is 2. The van der Waals surface area contributed by atoms with Crippen LogP contribution in [0.1, 0.15) is 5.56 Å². The van der Waals surface area contributed by atoms with Gasteiger partial charge in [-0.3, -0.25) is 9.32 Å². The Hall–Kier alpha value is -2.67. The zero-order valence-corrected chi connectivity index (χ0v) is 13.1. The van der Waals surface area contributed by atoms with Crippen molar-refractivity contribution in [3.63, 3.8) is 0 Å². The fraction of sp³-hybridized carbons (Fsp3) is 0.188. The second kappa shape index (κ2) is 7.06. The van der Waals surface area contributed by atoms with E-state index in [0.717, 1.165) is 16.9 Å². The Labute approximate surface area is 136 Å². The van der Waals surface area contributed by atoms with Crippen LogP contribution >= 0.6 is 11.3 Å². The maximum atomic E-state index is 12.0. The molecule has 0 aliphatic heterocycles. The third kappa shape index (κ3) is 3.75. The Morgan fingerprint density at radius 2 is 2.04 bits per heavy atom. The highest BCUT2D eigenvalue weighted by molar-refractivity contribution is 7.13. The monoisotopic (exact) mass is 329 g/mol. The van der Waals surface area contributed by atoms with Gasteiger partial charge in [0.05, 0.1) is 4.88 Å². The molecule has 0 spiro atoms. The molecule has 0 radical (unpaired) electrons.